The summed E-state index contributed by atoms with van der Waals surface area (Å²) in [6, 6.07) is 12.2. The van der Waals surface area contributed by atoms with Gasteiger partial charge in [-0.15, -0.1) is 0 Å². The van der Waals surface area contributed by atoms with Gasteiger partial charge < -0.3 is 35.4 Å². The summed E-state index contributed by atoms with van der Waals surface area (Å²) in [5.41, 5.74) is 1.95. The minimum absolute atomic E-state index is 0.285. The molecule has 0 spiro atoms. The van der Waals surface area contributed by atoms with Gasteiger partial charge in [-0.3, -0.25) is 0 Å². The van der Waals surface area contributed by atoms with Gasteiger partial charge >= 0.3 is 0 Å². The molecule has 5 atom stereocenters. The first-order valence-electron chi connectivity index (χ1n) is 9.29. The predicted octanol–water partition coefficient (Wildman–Crippen LogP) is 0.799. The molecule has 0 heterocycles. The fraction of sp³-hybridized carbons (Fsp3) is 0.429. The summed E-state index contributed by atoms with van der Waals surface area (Å²) in [7, 11) is 0. The molecule has 0 saturated carbocycles. The predicted molar refractivity (Wildman–Crippen MR) is 108 cm³/mol. The van der Waals surface area contributed by atoms with E-state index in [4.69, 9.17) is 21.4 Å². The molecule has 7 nitrogen and oxygen atoms in total. The van der Waals surface area contributed by atoms with Crippen molar-refractivity contribution in [1.29, 1.82) is 0 Å². The maximum atomic E-state index is 10.4. The molecular formula is C21H27ClO7. The SMILES string of the molecule is CCOc1ccc(Cc2cc([C@@H](O)[C@H](O)[C@@H](O)[C@H](O)[C@H](O)CO)ccc2Cl)cc1. The molecule has 8 heteroatoms. The number of rotatable bonds is 10. The van der Waals surface area contributed by atoms with Gasteiger partial charge in [0.1, 0.15) is 36.3 Å². The number of aliphatic hydroxyl groups excluding tert-OH is 6. The molecule has 2 aromatic carbocycles. The van der Waals surface area contributed by atoms with Gasteiger partial charge in [0, 0.05) is 5.02 Å². The van der Waals surface area contributed by atoms with E-state index < -0.39 is 37.1 Å². The first-order valence-corrected chi connectivity index (χ1v) is 9.67. The van der Waals surface area contributed by atoms with Gasteiger partial charge in [-0.25, -0.2) is 0 Å². The van der Waals surface area contributed by atoms with E-state index in [1.165, 1.54) is 6.07 Å². The second-order valence-electron chi connectivity index (χ2n) is 6.77. The Kier molecular flexibility index (Phi) is 8.85. The Labute approximate surface area is 174 Å². The van der Waals surface area contributed by atoms with Gasteiger partial charge in [-0.05, 0) is 48.2 Å². The van der Waals surface area contributed by atoms with Crippen LogP contribution in [0.2, 0.25) is 5.02 Å². The lowest BCUT2D eigenvalue weighted by Crippen LogP contribution is -2.47. The maximum Gasteiger partial charge on any atom is 0.119 e. The molecule has 0 radical (unpaired) electrons. The van der Waals surface area contributed by atoms with E-state index in [-0.39, 0.29) is 5.56 Å². The standard InChI is InChI=1S/C21H27ClO7/c1-2-29-15-6-3-12(4-7-15)9-14-10-13(5-8-16(14)22)18(25)20(27)21(28)19(26)17(24)11-23/h3-8,10,17-21,23-28H,2,9,11H2,1H3/t17-,18-,19-,20+,21+/m1/s1. The molecule has 2 rings (SSSR count). The Balaban J connectivity index is 2.16. The molecule has 0 unspecified atom stereocenters. The first-order chi connectivity index (χ1) is 13.8. The zero-order valence-corrected chi connectivity index (χ0v) is 16.8. The van der Waals surface area contributed by atoms with Crippen molar-refractivity contribution in [3.63, 3.8) is 0 Å². The van der Waals surface area contributed by atoms with E-state index in [2.05, 4.69) is 0 Å². The van der Waals surface area contributed by atoms with Crippen molar-refractivity contribution < 1.29 is 35.4 Å². The topological polar surface area (TPSA) is 131 Å². The van der Waals surface area contributed by atoms with Crippen LogP contribution in [0.15, 0.2) is 42.5 Å². The minimum atomic E-state index is -1.86. The van der Waals surface area contributed by atoms with Crippen LogP contribution in [0.1, 0.15) is 29.7 Å². The molecule has 0 aliphatic rings. The Morgan fingerprint density at radius 2 is 1.55 bits per heavy atom. The molecule has 0 amide bonds. The monoisotopic (exact) mass is 426 g/mol. The van der Waals surface area contributed by atoms with Crippen LogP contribution in [0.4, 0.5) is 0 Å². The van der Waals surface area contributed by atoms with Gasteiger partial charge in [0.05, 0.1) is 13.2 Å². The zero-order valence-electron chi connectivity index (χ0n) is 16.0. The number of halogens is 1. The third kappa shape index (κ3) is 6.13. The van der Waals surface area contributed by atoms with Crippen molar-refractivity contribution in [3.05, 3.63) is 64.2 Å². The quantitative estimate of drug-likeness (QED) is 0.331. The van der Waals surface area contributed by atoms with Gasteiger partial charge in [0.15, 0.2) is 0 Å². The minimum Gasteiger partial charge on any atom is -0.494 e. The van der Waals surface area contributed by atoms with Crippen LogP contribution < -0.4 is 4.74 Å². The summed E-state index contributed by atoms with van der Waals surface area (Å²) in [4.78, 5) is 0. The Hall–Kier alpha value is -1.71. The van der Waals surface area contributed by atoms with Crippen LogP contribution in [0.5, 0.6) is 5.75 Å². The zero-order chi connectivity index (χ0) is 21.6. The summed E-state index contributed by atoms with van der Waals surface area (Å²) < 4.78 is 5.41. The normalized spacial score (nSPS) is 16.7. The van der Waals surface area contributed by atoms with Crippen molar-refractivity contribution in [3.8, 4) is 5.75 Å². The molecule has 0 saturated heterocycles. The number of benzene rings is 2. The fourth-order valence-electron chi connectivity index (χ4n) is 2.93. The Morgan fingerprint density at radius 3 is 2.14 bits per heavy atom. The van der Waals surface area contributed by atoms with E-state index in [1.54, 1.807) is 12.1 Å². The molecule has 0 aliphatic heterocycles. The van der Waals surface area contributed by atoms with Crippen molar-refractivity contribution in [2.75, 3.05) is 13.2 Å². The summed E-state index contributed by atoms with van der Waals surface area (Å²) >= 11 is 6.27. The number of hydrogen-bond donors (Lipinski definition) is 6. The number of hydrogen-bond acceptors (Lipinski definition) is 7. The lowest BCUT2D eigenvalue weighted by Gasteiger charge is -2.28. The van der Waals surface area contributed by atoms with Gasteiger partial charge in [-0.2, -0.15) is 0 Å². The van der Waals surface area contributed by atoms with Crippen LogP contribution in [0.25, 0.3) is 0 Å². The molecule has 0 fully saturated rings. The van der Waals surface area contributed by atoms with Crippen LogP contribution in [0.3, 0.4) is 0 Å². The molecule has 2 aromatic rings. The average Bonchev–Trinajstić information content (AvgIpc) is 2.74. The van der Waals surface area contributed by atoms with Crippen LogP contribution in [0, 0.1) is 0 Å². The van der Waals surface area contributed by atoms with E-state index in [0.717, 1.165) is 11.3 Å². The van der Waals surface area contributed by atoms with E-state index in [9.17, 15) is 25.5 Å². The third-order valence-electron chi connectivity index (χ3n) is 4.64. The van der Waals surface area contributed by atoms with Gasteiger partial charge in [0.25, 0.3) is 0 Å². The summed E-state index contributed by atoms with van der Waals surface area (Å²) in [6.45, 7) is 1.68. The average molecular weight is 427 g/mol. The van der Waals surface area contributed by atoms with Crippen molar-refractivity contribution >= 4 is 11.6 Å². The highest BCUT2D eigenvalue weighted by Crippen LogP contribution is 2.27. The highest BCUT2D eigenvalue weighted by atomic mass is 35.5. The van der Waals surface area contributed by atoms with Crippen molar-refractivity contribution in [2.45, 2.75) is 43.9 Å². The smallest absolute Gasteiger partial charge is 0.119 e. The van der Waals surface area contributed by atoms with Crippen LogP contribution in [-0.4, -0.2) is 68.3 Å². The number of ether oxygens (including phenoxy) is 1. The van der Waals surface area contributed by atoms with Gasteiger partial charge in [-0.1, -0.05) is 35.9 Å². The Bertz CT molecular complexity index is 768. The molecule has 160 valence electrons. The molecule has 0 aliphatic carbocycles. The first kappa shape index (κ1) is 23.6. The molecule has 6 N–H and O–H groups in total. The van der Waals surface area contributed by atoms with Gasteiger partial charge in [0.2, 0.25) is 0 Å². The largest absolute Gasteiger partial charge is 0.494 e. The lowest BCUT2D eigenvalue weighted by atomic mass is 9.93. The molecule has 0 aromatic heterocycles. The van der Waals surface area contributed by atoms with E-state index in [0.29, 0.717) is 23.6 Å². The number of aliphatic hydroxyl groups is 6. The summed E-state index contributed by atoms with van der Waals surface area (Å²) in [5.74, 6) is 0.757. The molecular weight excluding hydrogens is 400 g/mol. The summed E-state index contributed by atoms with van der Waals surface area (Å²) in [5, 5.41) is 59.1. The highest BCUT2D eigenvalue weighted by Gasteiger charge is 2.34. The van der Waals surface area contributed by atoms with E-state index >= 15 is 0 Å². The van der Waals surface area contributed by atoms with Crippen molar-refractivity contribution in [1.82, 2.24) is 0 Å². The molecule has 29 heavy (non-hydrogen) atoms. The second kappa shape index (κ2) is 10.9. The molecule has 0 bridgehead atoms. The second-order valence-corrected chi connectivity index (χ2v) is 7.18. The van der Waals surface area contributed by atoms with Crippen LogP contribution >= 0.6 is 11.6 Å². The van der Waals surface area contributed by atoms with Crippen molar-refractivity contribution in [2.24, 2.45) is 0 Å². The Morgan fingerprint density at radius 1 is 0.897 bits per heavy atom. The fourth-order valence-corrected chi connectivity index (χ4v) is 3.11. The van der Waals surface area contributed by atoms with E-state index in [1.807, 2.05) is 31.2 Å². The lowest BCUT2D eigenvalue weighted by molar-refractivity contribution is -0.141. The third-order valence-corrected chi connectivity index (χ3v) is 5.01. The maximum absolute atomic E-state index is 10.4. The van der Waals surface area contributed by atoms with Crippen LogP contribution in [-0.2, 0) is 6.42 Å². The highest BCUT2D eigenvalue weighted by molar-refractivity contribution is 6.31. The summed E-state index contributed by atoms with van der Waals surface area (Å²) in [6.07, 6.45) is -8.19.